The minimum Gasteiger partial charge on any atom is -0.304 e. The molecule has 0 amide bonds. The second-order valence-corrected chi connectivity index (χ2v) is 6.10. The second kappa shape index (κ2) is 6.51. The van der Waals surface area contributed by atoms with E-state index in [1.807, 2.05) is 19.1 Å². The van der Waals surface area contributed by atoms with E-state index in [1.165, 1.54) is 17.2 Å². The van der Waals surface area contributed by atoms with E-state index < -0.39 is 0 Å². The molecular weight excluding hydrogens is 317 g/mol. The lowest BCUT2D eigenvalue weighted by atomic mass is 10.0. The van der Waals surface area contributed by atoms with E-state index in [9.17, 15) is 4.39 Å². The van der Waals surface area contributed by atoms with Crippen molar-refractivity contribution in [3.63, 3.8) is 0 Å². The Morgan fingerprint density at radius 3 is 2.25 bits per heavy atom. The van der Waals surface area contributed by atoms with E-state index in [0.717, 1.165) is 4.47 Å². The zero-order valence-electron chi connectivity index (χ0n) is 12.0. The molecule has 0 aliphatic carbocycles. The van der Waals surface area contributed by atoms with E-state index in [1.54, 1.807) is 0 Å². The van der Waals surface area contributed by atoms with Crippen LogP contribution < -0.4 is 5.32 Å². The van der Waals surface area contributed by atoms with Gasteiger partial charge in [0.15, 0.2) is 0 Å². The van der Waals surface area contributed by atoms with Gasteiger partial charge in [0.05, 0.1) is 0 Å². The van der Waals surface area contributed by atoms with Crippen LogP contribution in [0.3, 0.4) is 0 Å². The molecule has 0 aliphatic rings. The summed E-state index contributed by atoms with van der Waals surface area (Å²) in [5, 5.41) is 3.44. The van der Waals surface area contributed by atoms with Gasteiger partial charge in [0.25, 0.3) is 0 Å². The normalized spacial score (nSPS) is 14.1. The van der Waals surface area contributed by atoms with Gasteiger partial charge < -0.3 is 5.32 Å². The molecule has 0 fully saturated rings. The highest BCUT2D eigenvalue weighted by Crippen LogP contribution is 2.24. The summed E-state index contributed by atoms with van der Waals surface area (Å²) in [4.78, 5) is 0. The van der Waals surface area contributed by atoms with Gasteiger partial charge in [-0.2, -0.15) is 0 Å². The Balaban J connectivity index is 2.10. The fraction of sp³-hybridized carbons (Fsp3) is 0.294. The largest absolute Gasteiger partial charge is 0.304 e. The van der Waals surface area contributed by atoms with E-state index in [2.05, 4.69) is 59.4 Å². The van der Waals surface area contributed by atoms with Crippen LogP contribution in [0.4, 0.5) is 4.39 Å². The van der Waals surface area contributed by atoms with Crippen molar-refractivity contribution in [2.45, 2.75) is 32.9 Å². The Morgan fingerprint density at radius 1 is 1.00 bits per heavy atom. The molecule has 0 bridgehead atoms. The summed E-state index contributed by atoms with van der Waals surface area (Å²) >= 11 is 3.28. The molecule has 0 radical (unpaired) electrons. The predicted octanol–water partition coefficient (Wildman–Crippen LogP) is 5.31. The Kier molecular flexibility index (Phi) is 4.95. The molecule has 1 N–H and O–H groups in total. The highest BCUT2D eigenvalue weighted by atomic mass is 79.9. The highest BCUT2D eigenvalue weighted by Gasteiger charge is 2.14. The summed E-state index contributed by atoms with van der Waals surface area (Å²) in [7, 11) is 0. The van der Waals surface area contributed by atoms with Gasteiger partial charge in [-0.15, -0.1) is 0 Å². The Labute approximate surface area is 128 Å². The average Bonchev–Trinajstić information content (AvgIpc) is 2.39. The molecule has 0 aromatic heterocycles. The van der Waals surface area contributed by atoms with Gasteiger partial charge in [0, 0.05) is 22.1 Å². The van der Waals surface area contributed by atoms with Gasteiger partial charge in [-0.25, -0.2) is 4.39 Å². The molecule has 0 aliphatic heterocycles. The van der Waals surface area contributed by atoms with Gasteiger partial charge in [-0.3, -0.25) is 0 Å². The maximum absolute atomic E-state index is 13.9. The monoisotopic (exact) mass is 335 g/mol. The summed E-state index contributed by atoms with van der Waals surface area (Å²) in [6.07, 6.45) is 0. The fourth-order valence-corrected chi connectivity index (χ4v) is 2.60. The van der Waals surface area contributed by atoms with Crippen molar-refractivity contribution in [2.24, 2.45) is 0 Å². The van der Waals surface area contributed by atoms with Gasteiger partial charge in [-0.1, -0.05) is 51.8 Å². The zero-order valence-corrected chi connectivity index (χ0v) is 13.5. The van der Waals surface area contributed by atoms with Crippen LogP contribution in [0.25, 0.3) is 0 Å². The van der Waals surface area contributed by atoms with E-state index >= 15 is 0 Å². The van der Waals surface area contributed by atoms with Crippen molar-refractivity contribution < 1.29 is 4.39 Å². The lowest BCUT2D eigenvalue weighted by molar-refractivity contribution is 0.474. The predicted molar refractivity (Wildman–Crippen MR) is 85.2 cm³/mol. The van der Waals surface area contributed by atoms with Crippen LogP contribution in [0.15, 0.2) is 46.9 Å². The first kappa shape index (κ1) is 15.2. The molecule has 1 nitrogen and oxygen atoms in total. The van der Waals surface area contributed by atoms with Crippen molar-refractivity contribution >= 4 is 15.9 Å². The van der Waals surface area contributed by atoms with Crippen LogP contribution in [0, 0.1) is 12.7 Å². The zero-order chi connectivity index (χ0) is 14.7. The van der Waals surface area contributed by atoms with Crippen LogP contribution in [0.5, 0.6) is 0 Å². The number of rotatable bonds is 4. The first-order chi connectivity index (χ1) is 9.47. The molecule has 20 heavy (non-hydrogen) atoms. The highest BCUT2D eigenvalue weighted by molar-refractivity contribution is 9.10. The van der Waals surface area contributed by atoms with Crippen LogP contribution in [-0.2, 0) is 0 Å². The third kappa shape index (κ3) is 3.68. The van der Waals surface area contributed by atoms with Gasteiger partial charge in [0.1, 0.15) is 5.82 Å². The van der Waals surface area contributed by atoms with Crippen molar-refractivity contribution in [1.29, 1.82) is 0 Å². The third-order valence-electron chi connectivity index (χ3n) is 3.51. The smallest absolute Gasteiger partial charge is 0.129 e. The van der Waals surface area contributed by atoms with E-state index in [4.69, 9.17) is 0 Å². The molecule has 0 saturated carbocycles. The molecule has 3 heteroatoms. The van der Waals surface area contributed by atoms with Crippen molar-refractivity contribution in [1.82, 2.24) is 5.32 Å². The number of hydrogen-bond donors (Lipinski definition) is 1. The third-order valence-corrected chi connectivity index (χ3v) is 4.00. The molecule has 2 aromatic carbocycles. The van der Waals surface area contributed by atoms with Crippen LogP contribution in [0.1, 0.15) is 42.6 Å². The summed E-state index contributed by atoms with van der Waals surface area (Å²) in [6.45, 7) is 6.15. The first-order valence-electron chi connectivity index (χ1n) is 6.75. The topological polar surface area (TPSA) is 12.0 Å². The molecule has 0 saturated heterocycles. The summed E-state index contributed by atoms with van der Waals surface area (Å²) < 4.78 is 14.7. The molecule has 0 spiro atoms. The fourth-order valence-electron chi connectivity index (χ4n) is 2.27. The van der Waals surface area contributed by atoms with Crippen molar-refractivity contribution in [3.8, 4) is 0 Å². The van der Waals surface area contributed by atoms with Crippen LogP contribution in [0.2, 0.25) is 0 Å². The maximum atomic E-state index is 13.9. The molecule has 2 atom stereocenters. The number of benzene rings is 2. The Bertz CT molecular complexity index is 580. The lowest BCUT2D eigenvalue weighted by Gasteiger charge is -2.21. The summed E-state index contributed by atoms with van der Waals surface area (Å²) in [5.41, 5.74) is 3.14. The van der Waals surface area contributed by atoms with E-state index in [0.29, 0.717) is 5.56 Å². The number of nitrogens with one attached hydrogen (secondary N) is 1. The maximum Gasteiger partial charge on any atom is 0.129 e. The summed E-state index contributed by atoms with van der Waals surface area (Å²) in [6, 6.07) is 13.7. The molecular formula is C17H19BrFN. The molecule has 2 unspecified atom stereocenters. The Hall–Kier alpha value is -1.19. The average molecular weight is 336 g/mol. The van der Waals surface area contributed by atoms with E-state index in [-0.39, 0.29) is 17.9 Å². The van der Waals surface area contributed by atoms with Gasteiger partial charge in [-0.05, 0) is 38.5 Å². The van der Waals surface area contributed by atoms with Crippen molar-refractivity contribution in [3.05, 3.63) is 69.4 Å². The van der Waals surface area contributed by atoms with Crippen LogP contribution in [-0.4, -0.2) is 0 Å². The molecule has 2 aromatic rings. The number of hydrogen-bond acceptors (Lipinski definition) is 1. The number of halogens is 2. The molecule has 0 heterocycles. The van der Waals surface area contributed by atoms with Crippen molar-refractivity contribution in [2.75, 3.05) is 0 Å². The van der Waals surface area contributed by atoms with Gasteiger partial charge >= 0.3 is 0 Å². The quantitative estimate of drug-likeness (QED) is 0.798. The SMILES string of the molecule is Cc1ccc(C(C)NC(C)c2ccc(Br)cc2F)cc1. The second-order valence-electron chi connectivity index (χ2n) is 5.19. The minimum atomic E-state index is -0.185. The number of aryl methyl sites for hydroxylation is 1. The molecule has 106 valence electrons. The standard InChI is InChI=1S/C17H19BrFN/c1-11-4-6-14(7-5-11)12(2)20-13(3)16-9-8-15(18)10-17(16)19/h4-10,12-13,20H,1-3H3. The first-order valence-corrected chi connectivity index (χ1v) is 7.54. The minimum absolute atomic E-state index is 0.0422. The molecule has 2 rings (SSSR count). The summed E-state index contributed by atoms with van der Waals surface area (Å²) in [5.74, 6) is -0.185. The Morgan fingerprint density at radius 2 is 1.65 bits per heavy atom. The van der Waals surface area contributed by atoms with Gasteiger partial charge in [0.2, 0.25) is 0 Å². The van der Waals surface area contributed by atoms with Crippen LogP contribution >= 0.6 is 15.9 Å². The lowest BCUT2D eigenvalue weighted by Crippen LogP contribution is -2.23.